The summed E-state index contributed by atoms with van der Waals surface area (Å²) in [6, 6.07) is 5.18. The van der Waals surface area contributed by atoms with Crippen molar-refractivity contribution in [2.24, 2.45) is 0 Å². The van der Waals surface area contributed by atoms with Gasteiger partial charge in [0, 0.05) is 23.6 Å². The van der Waals surface area contributed by atoms with Gasteiger partial charge in [0.2, 0.25) is 5.91 Å². The van der Waals surface area contributed by atoms with Crippen molar-refractivity contribution in [3.8, 4) is 0 Å². The molecule has 6 heteroatoms. The molecule has 1 amide bonds. The van der Waals surface area contributed by atoms with Crippen LogP contribution in [-0.4, -0.2) is 34.4 Å². The second-order valence-corrected chi connectivity index (χ2v) is 6.60. The Balaban J connectivity index is 1.64. The van der Waals surface area contributed by atoms with Gasteiger partial charge in [-0.1, -0.05) is 12.1 Å². The highest BCUT2D eigenvalue weighted by Gasteiger charge is 2.40. The van der Waals surface area contributed by atoms with Gasteiger partial charge in [-0.2, -0.15) is 24.9 Å². The molecule has 2 aliphatic heterocycles. The fraction of sp³-hybridized carbons (Fsp3) is 0.500. The van der Waals surface area contributed by atoms with Crippen LogP contribution in [0.4, 0.5) is 13.2 Å². The number of nitrogens with zero attached hydrogens (tertiary/aromatic N) is 1. The van der Waals surface area contributed by atoms with Crippen molar-refractivity contribution in [3.63, 3.8) is 0 Å². The van der Waals surface area contributed by atoms with Crippen LogP contribution in [0, 0.1) is 0 Å². The third-order valence-electron chi connectivity index (χ3n) is 3.86. The topological polar surface area (TPSA) is 20.3 Å². The van der Waals surface area contributed by atoms with E-state index >= 15 is 0 Å². The zero-order chi connectivity index (χ0) is 14.3. The first-order valence-corrected chi connectivity index (χ1v) is 7.55. The minimum atomic E-state index is -4.33. The van der Waals surface area contributed by atoms with E-state index in [0.29, 0.717) is 16.9 Å². The lowest BCUT2D eigenvalue weighted by Gasteiger charge is -2.26. The maximum atomic E-state index is 12.5. The first kappa shape index (κ1) is 13.8. The van der Waals surface area contributed by atoms with Crippen molar-refractivity contribution in [2.45, 2.75) is 30.3 Å². The number of hydrogen-bond donors (Lipinski definition) is 0. The second-order valence-electron chi connectivity index (χ2n) is 5.26. The summed E-state index contributed by atoms with van der Waals surface area (Å²) in [7, 11) is 0. The highest BCUT2D eigenvalue weighted by atomic mass is 32.2. The molecule has 0 saturated carbocycles. The quantitative estimate of drug-likeness (QED) is 0.837. The van der Waals surface area contributed by atoms with Crippen molar-refractivity contribution in [2.75, 3.05) is 12.3 Å². The van der Waals surface area contributed by atoms with E-state index in [1.165, 1.54) is 12.1 Å². The Hall–Kier alpha value is -1.17. The van der Waals surface area contributed by atoms with Gasteiger partial charge in [-0.25, -0.2) is 0 Å². The van der Waals surface area contributed by atoms with E-state index in [0.717, 1.165) is 30.9 Å². The summed E-state index contributed by atoms with van der Waals surface area (Å²) in [6.45, 7) is 0.787. The standard InChI is InChI=1S/C14H14F3NOS/c15-14(16,17)10-3-1-9(2-4-10)5-13(19)18-7-12-6-11(18)8-20-12/h1-4,11-12H,5-8H2. The third-order valence-corrected chi connectivity index (χ3v) is 5.25. The monoisotopic (exact) mass is 301 g/mol. The fourth-order valence-corrected chi connectivity index (χ4v) is 4.23. The van der Waals surface area contributed by atoms with Crippen LogP contribution in [0.1, 0.15) is 17.5 Å². The van der Waals surface area contributed by atoms with Crippen molar-refractivity contribution in [3.05, 3.63) is 35.4 Å². The summed E-state index contributed by atoms with van der Waals surface area (Å²) in [6.07, 6.45) is -3.08. The van der Waals surface area contributed by atoms with Gasteiger partial charge in [-0.05, 0) is 24.1 Å². The van der Waals surface area contributed by atoms with E-state index in [1.54, 1.807) is 0 Å². The fourth-order valence-electron chi connectivity index (χ4n) is 2.79. The highest BCUT2D eigenvalue weighted by Crippen LogP contribution is 2.37. The summed E-state index contributed by atoms with van der Waals surface area (Å²) in [4.78, 5) is 14.1. The van der Waals surface area contributed by atoms with Crippen LogP contribution in [0.25, 0.3) is 0 Å². The predicted molar refractivity (Wildman–Crippen MR) is 71.5 cm³/mol. The number of fused-ring (bicyclic) bond motifs is 2. The van der Waals surface area contributed by atoms with Gasteiger partial charge in [-0.15, -0.1) is 0 Å². The third kappa shape index (κ3) is 2.66. The number of likely N-dealkylation sites (tertiary alicyclic amines) is 1. The first-order valence-electron chi connectivity index (χ1n) is 6.50. The number of alkyl halides is 3. The smallest absolute Gasteiger partial charge is 0.337 e. The normalized spacial score (nSPS) is 25.2. The molecular weight excluding hydrogens is 287 g/mol. The van der Waals surface area contributed by atoms with Gasteiger partial charge in [0.05, 0.1) is 12.0 Å². The lowest BCUT2D eigenvalue weighted by molar-refractivity contribution is -0.137. The Labute approximate surface area is 119 Å². The first-order chi connectivity index (χ1) is 9.43. The van der Waals surface area contributed by atoms with Crippen LogP contribution in [-0.2, 0) is 17.4 Å². The van der Waals surface area contributed by atoms with E-state index in [-0.39, 0.29) is 12.3 Å². The van der Waals surface area contributed by atoms with Crippen molar-refractivity contribution >= 4 is 17.7 Å². The summed E-state index contributed by atoms with van der Waals surface area (Å²) < 4.78 is 37.4. The summed E-state index contributed by atoms with van der Waals surface area (Å²) in [5.74, 6) is 1.02. The van der Waals surface area contributed by atoms with Crippen molar-refractivity contribution in [1.29, 1.82) is 0 Å². The van der Waals surface area contributed by atoms with E-state index in [2.05, 4.69) is 0 Å². The van der Waals surface area contributed by atoms with Crippen LogP contribution >= 0.6 is 11.8 Å². The number of amides is 1. The molecule has 3 rings (SSSR count). The number of hydrogen-bond acceptors (Lipinski definition) is 2. The lowest BCUT2D eigenvalue weighted by Crippen LogP contribution is -2.40. The second kappa shape index (κ2) is 4.98. The van der Waals surface area contributed by atoms with Crippen LogP contribution in [0.3, 0.4) is 0 Å². The molecule has 2 aliphatic rings. The zero-order valence-corrected chi connectivity index (χ0v) is 11.5. The van der Waals surface area contributed by atoms with Gasteiger partial charge in [0.1, 0.15) is 0 Å². The highest BCUT2D eigenvalue weighted by molar-refractivity contribution is 8.00. The molecule has 108 valence electrons. The number of carbonyl (C=O) groups is 1. The number of benzene rings is 1. The molecule has 2 fully saturated rings. The van der Waals surface area contributed by atoms with Crippen LogP contribution in [0.2, 0.25) is 0 Å². The number of rotatable bonds is 2. The minimum Gasteiger partial charge on any atom is -0.337 e. The molecule has 2 unspecified atom stereocenters. The molecule has 0 N–H and O–H groups in total. The molecular formula is C14H14F3NOS. The molecule has 1 aromatic rings. The molecule has 20 heavy (non-hydrogen) atoms. The van der Waals surface area contributed by atoms with Crippen LogP contribution in [0.15, 0.2) is 24.3 Å². The van der Waals surface area contributed by atoms with E-state index in [9.17, 15) is 18.0 Å². The molecule has 0 spiro atoms. The molecule has 0 radical (unpaired) electrons. The van der Waals surface area contributed by atoms with Gasteiger partial charge in [0.25, 0.3) is 0 Å². The molecule has 0 aromatic heterocycles. The zero-order valence-electron chi connectivity index (χ0n) is 10.7. The maximum Gasteiger partial charge on any atom is 0.416 e. The van der Waals surface area contributed by atoms with Gasteiger partial charge in [-0.3, -0.25) is 4.79 Å². The predicted octanol–water partition coefficient (Wildman–Crippen LogP) is 2.96. The molecule has 2 heterocycles. The van der Waals surface area contributed by atoms with Crippen molar-refractivity contribution in [1.82, 2.24) is 4.90 Å². The Kier molecular flexibility index (Phi) is 3.44. The van der Waals surface area contributed by atoms with Crippen LogP contribution < -0.4 is 0 Å². The Bertz CT molecular complexity index is 514. The molecule has 2 atom stereocenters. The van der Waals surface area contributed by atoms with Gasteiger partial charge >= 0.3 is 6.18 Å². The molecule has 2 bridgehead atoms. The van der Waals surface area contributed by atoms with Crippen molar-refractivity contribution < 1.29 is 18.0 Å². The molecule has 1 aromatic carbocycles. The molecule has 0 aliphatic carbocycles. The van der Waals surface area contributed by atoms with E-state index in [1.807, 2.05) is 16.7 Å². The summed E-state index contributed by atoms with van der Waals surface area (Å²) in [5.41, 5.74) is -0.0382. The number of halogens is 3. The average molecular weight is 301 g/mol. The Morgan fingerprint density at radius 1 is 1.30 bits per heavy atom. The van der Waals surface area contributed by atoms with E-state index in [4.69, 9.17) is 0 Å². The SMILES string of the molecule is O=C(Cc1ccc(C(F)(F)F)cc1)N1CC2CC1CS2. The van der Waals surface area contributed by atoms with Crippen LogP contribution in [0.5, 0.6) is 0 Å². The lowest BCUT2D eigenvalue weighted by atomic mass is 10.1. The summed E-state index contributed by atoms with van der Waals surface area (Å²) in [5, 5.41) is 0.552. The molecule has 2 saturated heterocycles. The van der Waals surface area contributed by atoms with Gasteiger partial charge < -0.3 is 4.90 Å². The maximum absolute atomic E-state index is 12.5. The van der Waals surface area contributed by atoms with E-state index < -0.39 is 11.7 Å². The number of thioether (sulfide) groups is 1. The largest absolute Gasteiger partial charge is 0.416 e. The Morgan fingerprint density at radius 3 is 2.50 bits per heavy atom. The number of carbonyl (C=O) groups excluding carboxylic acids is 1. The molecule has 2 nitrogen and oxygen atoms in total. The Morgan fingerprint density at radius 2 is 2.00 bits per heavy atom. The van der Waals surface area contributed by atoms with Gasteiger partial charge in [0.15, 0.2) is 0 Å². The summed E-state index contributed by atoms with van der Waals surface area (Å²) >= 11 is 1.91. The average Bonchev–Trinajstić information content (AvgIpc) is 3.00. The minimum absolute atomic E-state index is 0.0255.